The summed E-state index contributed by atoms with van der Waals surface area (Å²) in [4.78, 5) is 22.8. The molecule has 0 spiro atoms. The number of carbonyl (C=O) groups is 2. The van der Waals surface area contributed by atoms with Gasteiger partial charge in [-0.05, 0) is 18.1 Å². The summed E-state index contributed by atoms with van der Waals surface area (Å²) in [6, 6.07) is 4.21. The minimum absolute atomic E-state index is 0.0189. The van der Waals surface area contributed by atoms with Crippen LogP contribution in [0.1, 0.15) is 24.0 Å². The molecule has 0 aromatic heterocycles. The van der Waals surface area contributed by atoms with Gasteiger partial charge in [-0.1, -0.05) is 18.2 Å². The second-order valence-electron chi connectivity index (χ2n) is 4.77. The van der Waals surface area contributed by atoms with E-state index in [4.69, 9.17) is 4.74 Å². The van der Waals surface area contributed by atoms with Gasteiger partial charge in [0.25, 0.3) is 0 Å². The molecule has 21 heavy (non-hydrogen) atoms. The Bertz CT molecular complexity index is 543. The fourth-order valence-electron chi connectivity index (χ4n) is 2.05. The van der Waals surface area contributed by atoms with Crippen LogP contribution in [0.15, 0.2) is 24.3 Å². The molecule has 114 valence electrons. The molecular weight excluding hydrogens is 287 g/mol. The van der Waals surface area contributed by atoms with Crippen LogP contribution in [0.4, 0.5) is 13.2 Å². The summed E-state index contributed by atoms with van der Waals surface area (Å²) in [5.41, 5.74) is -0.311. The van der Waals surface area contributed by atoms with Crippen molar-refractivity contribution < 1.29 is 27.5 Å². The van der Waals surface area contributed by atoms with Crippen LogP contribution < -0.4 is 5.32 Å². The van der Waals surface area contributed by atoms with Crippen LogP contribution >= 0.6 is 0 Å². The lowest BCUT2D eigenvalue weighted by molar-refractivity contribution is -0.141. The number of ether oxygens (including phenoxy) is 1. The number of hydrogen-bond acceptors (Lipinski definition) is 3. The Morgan fingerprint density at radius 2 is 2.14 bits per heavy atom. The fraction of sp³-hybridized carbons (Fsp3) is 0.429. The van der Waals surface area contributed by atoms with Crippen LogP contribution in [0.2, 0.25) is 0 Å². The summed E-state index contributed by atoms with van der Waals surface area (Å²) < 4.78 is 42.4. The lowest BCUT2D eigenvalue weighted by Gasteiger charge is -2.10. The average molecular weight is 301 g/mol. The van der Waals surface area contributed by atoms with Crippen LogP contribution in [0.25, 0.3) is 0 Å². The van der Waals surface area contributed by atoms with Gasteiger partial charge in [0.1, 0.15) is 6.04 Å². The highest BCUT2D eigenvalue weighted by molar-refractivity contribution is 5.85. The summed E-state index contributed by atoms with van der Waals surface area (Å²) in [6.45, 7) is 0.275. The van der Waals surface area contributed by atoms with E-state index >= 15 is 0 Å². The lowest BCUT2D eigenvalue weighted by Crippen LogP contribution is -2.37. The number of esters is 1. The van der Waals surface area contributed by atoms with Crippen LogP contribution in [0, 0.1) is 0 Å². The van der Waals surface area contributed by atoms with Gasteiger partial charge in [-0.15, -0.1) is 0 Å². The van der Waals surface area contributed by atoms with Crippen molar-refractivity contribution in [2.24, 2.45) is 0 Å². The Labute approximate surface area is 119 Å². The molecule has 4 nitrogen and oxygen atoms in total. The zero-order valence-corrected chi connectivity index (χ0v) is 11.1. The molecule has 0 saturated carbocycles. The van der Waals surface area contributed by atoms with Gasteiger partial charge in [0.05, 0.1) is 12.2 Å². The summed E-state index contributed by atoms with van der Waals surface area (Å²) in [5.74, 6) is -0.848. The highest BCUT2D eigenvalue weighted by Gasteiger charge is 2.30. The number of cyclic esters (lactones) is 1. The van der Waals surface area contributed by atoms with E-state index in [9.17, 15) is 22.8 Å². The summed E-state index contributed by atoms with van der Waals surface area (Å²) in [6.07, 6.45) is -3.78. The Kier molecular flexibility index (Phi) is 4.50. The van der Waals surface area contributed by atoms with Crippen LogP contribution in [0.3, 0.4) is 0 Å². The topological polar surface area (TPSA) is 55.4 Å². The molecule has 1 atom stereocenters. The van der Waals surface area contributed by atoms with Crippen molar-refractivity contribution in [3.05, 3.63) is 35.4 Å². The number of carbonyl (C=O) groups excluding carboxylic acids is 2. The quantitative estimate of drug-likeness (QED) is 0.866. The predicted molar refractivity (Wildman–Crippen MR) is 67.3 cm³/mol. The van der Waals surface area contributed by atoms with E-state index < -0.39 is 23.8 Å². The average Bonchev–Trinajstić information content (AvgIpc) is 2.81. The van der Waals surface area contributed by atoms with Crippen molar-refractivity contribution >= 4 is 11.9 Å². The molecule has 1 heterocycles. The molecular formula is C14H14F3NO3. The first kappa shape index (κ1) is 15.3. The van der Waals surface area contributed by atoms with Crippen molar-refractivity contribution in [1.82, 2.24) is 5.32 Å². The van der Waals surface area contributed by atoms with E-state index in [2.05, 4.69) is 5.32 Å². The predicted octanol–water partition coefficient (Wildman–Crippen LogP) is 2.07. The second kappa shape index (κ2) is 6.15. The highest BCUT2D eigenvalue weighted by Crippen LogP contribution is 2.29. The van der Waals surface area contributed by atoms with Crippen molar-refractivity contribution in [3.63, 3.8) is 0 Å². The maximum atomic E-state index is 12.5. The number of alkyl halides is 3. The molecule has 1 aliphatic rings. The second-order valence-corrected chi connectivity index (χ2v) is 4.77. The van der Waals surface area contributed by atoms with Gasteiger partial charge in [-0.3, -0.25) is 4.79 Å². The van der Waals surface area contributed by atoms with Crippen molar-refractivity contribution in [1.29, 1.82) is 0 Å². The van der Waals surface area contributed by atoms with Gasteiger partial charge in [0.15, 0.2) is 0 Å². The van der Waals surface area contributed by atoms with Gasteiger partial charge in [-0.25, -0.2) is 4.79 Å². The molecule has 1 fully saturated rings. The minimum Gasteiger partial charge on any atom is -0.464 e. The molecule has 1 saturated heterocycles. The number of nitrogens with one attached hydrogen (secondary N) is 1. The zero-order chi connectivity index (χ0) is 15.5. The molecule has 2 rings (SSSR count). The molecule has 0 aliphatic carbocycles. The van der Waals surface area contributed by atoms with E-state index in [1.165, 1.54) is 12.1 Å². The molecule has 0 radical (unpaired) electrons. The standard InChI is InChI=1S/C14H14F3NO3/c15-14(16,17)10-3-1-2-9(8-10)4-5-12(19)18-11-6-7-21-13(11)20/h1-3,8,11H,4-7H2,(H,18,19)/t11-/m0/s1. The van der Waals surface area contributed by atoms with E-state index in [0.717, 1.165) is 12.1 Å². The van der Waals surface area contributed by atoms with E-state index in [1.54, 1.807) is 0 Å². The van der Waals surface area contributed by atoms with E-state index in [-0.39, 0.29) is 25.4 Å². The summed E-state index contributed by atoms with van der Waals surface area (Å²) >= 11 is 0. The number of rotatable bonds is 4. The van der Waals surface area contributed by atoms with Crippen LogP contribution in [-0.4, -0.2) is 24.5 Å². The van der Waals surface area contributed by atoms with E-state index in [1.807, 2.05) is 0 Å². The maximum Gasteiger partial charge on any atom is 0.416 e. The molecule has 1 aromatic rings. The first-order chi connectivity index (χ1) is 9.86. The number of aryl methyl sites for hydroxylation is 1. The normalized spacial score (nSPS) is 18.4. The van der Waals surface area contributed by atoms with Crippen molar-refractivity contribution in [2.45, 2.75) is 31.5 Å². The molecule has 1 aliphatic heterocycles. The van der Waals surface area contributed by atoms with E-state index in [0.29, 0.717) is 12.0 Å². The zero-order valence-electron chi connectivity index (χ0n) is 11.1. The van der Waals surface area contributed by atoms with Crippen LogP contribution in [-0.2, 0) is 26.9 Å². The molecule has 1 aromatic carbocycles. The van der Waals surface area contributed by atoms with Crippen molar-refractivity contribution in [3.8, 4) is 0 Å². The highest BCUT2D eigenvalue weighted by atomic mass is 19.4. The fourth-order valence-corrected chi connectivity index (χ4v) is 2.05. The van der Waals surface area contributed by atoms with Crippen molar-refractivity contribution in [2.75, 3.05) is 6.61 Å². The SMILES string of the molecule is O=C(CCc1cccc(C(F)(F)F)c1)N[C@H]1CCOC1=O. The number of hydrogen-bond donors (Lipinski definition) is 1. The third-order valence-electron chi connectivity index (χ3n) is 3.17. The Hall–Kier alpha value is -2.05. The Balaban J connectivity index is 1.88. The third-order valence-corrected chi connectivity index (χ3v) is 3.17. The smallest absolute Gasteiger partial charge is 0.416 e. The minimum atomic E-state index is -4.40. The number of amides is 1. The van der Waals surface area contributed by atoms with Crippen LogP contribution in [0.5, 0.6) is 0 Å². The number of benzene rings is 1. The van der Waals surface area contributed by atoms with Gasteiger partial charge < -0.3 is 10.1 Å². The lowest BCUT2D eigenvalue weighted by atomic mass is 10.1. The molecule has 0 bridgehead atoms. The molecule has 1 amide bonds. The van der Waals surface area contributed by atoms with Gasteiger partial charge in [0.2, 0.25) is 5.91 Å². The Morgan fingerprint density at radius 1 is 1.38 bits per heavy atom. The molecule has 1 N–H and O–H groups in total. The first-order valence-corrected chi connectivity index (χ1v) is 6.48. The largest absolute Gasteiger partial charge is 0.464 e. The van der Waals surface area contributed by atoms with Gasteiger partial charge >= 0.3 is 12.1 Å². The molecule has 7 heteroatoms. The molecule has 0 unspecified atom stereocenters. The number of halogens is 3. The Morgan fingerprint density at radius 3 is 2.76 bits per heavy atom. The maximum absolute atomic E-state index is 12.5. The van der Waals surface area contributed by atoms with Gasteiger partial charge in [-0.2, -0.15) is 13.2 Å². The third kappa shape index (κ3) is 4.21. The monoisotopic (exact) mass is 301 g/mol. The van der Waals surface area contributed by atoms with Gasteiger partial charge in [0, 0.05) is 12.8 Å². The first-order valence-electron chi connectivity index (χ1n) is 6.48. The summed E-state index contributed by atoms with van der Waals surface area (Å²) in [5, 5.41) is 2.51. The summed E-state index contributed by atoms with van der Waals surface area (Å²) in [7, 11) is 0.